The number of hydrogen-bond donors (Lipinski definition) is 1. The highest BCUT2D eigenvalue weighted by Crippen LogP contribution is 2.10. The van der Waals surface area contributed by atoms with Crippen LogP contribution in [0, 0.1) is 12.3 Å². The third kappa shape index (κ3) is 4.38. The van der Waals surface area contributed by atoms with E-state index in [1.165, 1.54) is 0 Å². The SMILES string of the molecule is C#CCCC(O)C(CCC)OC. The van der Waals surface area contributed by atoms with Gasteiger partial charge >= 0.3 is 0 Å². The summed E-state index contributed by atoms with van der Waals surface area (Å²) in [5, 5.41) is 9.55. The second-order valence-corrected chi connectivity index (χ2v) is 2.87. The molecule has 0 spiro atoms. The van der Waals surface area contributed by atoms with Crippen LogP contribution in [-0.4, -0.2) is 24.4 Å². The molecule has 2 atom stereocenters. The second kappa shape index (κ2) is 7.15. The molecule has 0 saturated carbocycles. The molecule has 0 aromatic carbocycles. The van der Waals surface area contributed by atoms with Crippen molar-refractivity contribution in [2.24, 2.45) is 0 Å². The summed E-state index contributed by atoms with van der Waals surface area (Å²) in [5.74, 6) is 2.50. The summed E-state index contributed by atoms with van der Waals surface area (Å²) in [7, 11) is 1.62. The highest BCUT2D eigenvalue weighted by atomic mass is 16.5. The van der Waals surface area contributed by atoms with Gasteiger partial charge in [0.25, 0.3) is 0 Å². The lowest BCUT2D eigenvalue weighted by Crippen LogP contribution is -2.27. The van der Waals surface area contributed by atoms with Crippen molar-refractivity contribution in [3.05, 3.63) is 0 Å². The van der Waals surface area contributed by atoms with Crippen molar-refractivity contribution < 1.29 is 9.84 Å². The molecule has 2 unspecified atom stereocenters. The Balaban J connectivity index is 3.69. The minimum Gasteiger partial charge on any atom is -0.390 e. The van der Waals surface area contributed by atoms with E-state index in [1.807, 2.05) is 0 Å². The molecule has 2 nitrogen and oxygen atoms in total. The Kier molecular flexibility index (Phi) is 6.84. The number of ether oxygens (including phenoxy) is 1. The van der Waals surface area contributed by atoms with Crippen molar-refractivity contribution >= 4 is 0 Å². The van der Waals surface area contributed by atoms with Gasteiger partial charge in [0, 0.05) is 13.5 Å². The summed E-state index contributed by atoms with van der Waals surface area (Å²) in [6, 6.07) is 0. The Hall–Kier alpha value is -0.520. The summed E-state index contributed by atoms with van der Waals surface area (Å²) in [6.07, 6.45) is 7.79. The molecule has 0 aromatic rings. The van der Waals surface area contributed by atoms with Crippen LogP contribution < -0.4 is 0 Å². The van der Waals surface area contributed by atoms with Gasteiger partial charge in [-0.15, -0.1) is 12.3 Å². The van der Waals surface area contributed by atoms with Crippen LogP contribution in [0.2, 0.25) is 0 Å². The van der Waals surface area contributed by atoms with E-state index in [0.29, 0.717) is 12.8 Å². The third-order valence-corrected chi connectivity index (χ3v) is 1.89. The standard InChI is InChI=1S/C10H18O2/c1-4-6-8-9(11)10(12-3)7-5-2/h1,9-11H,5-8H2,2-3H3. The first-order valence-corrected chi connectivity index (χ1v) is 4.40. The highest BCUT2D eigenvalue weighted by Gasteiger charge is 2.16. The summed E-state index contributed by atoms with van der Waals surface area (Å²) < 4.78 is 5.13. The van der Waals surface area contributed by atoms with Crippen LogP contribution in [0.4, 0.5) is 0 Å². The fourth-order valence-electron chi connectivity index (χ4n) is 1.17. The van der Waals surface area contributed by atoms with Crippen molar-refractivity contribution in [2.45, 2.75) is 44.8 Å². The van der Waals surface area contributed by atoms with Crippen LogP contribution in [0.15, 0.2) is 0 Å². The minimum absolute atomic E-state index is 0.0525. The first kappa shape index (κ1) is 11.5. The number of terminal acetylenes is 1. The molecular formula is C10H18O2. The molecule has 12 heavy (non-hydrogen) atoms. The zero-order valence-corrected chi connectivity index (χ0v) is 7.92. The maximum Gasteiger partial charge on any atom is 0.0830 e. The maximum absolute atomic E-state index is 9.55. The first-order chi connectivity index (χ1) is 5.76. The van der Waals surface area contributed by atoms with E-state index >= 15 is 0 Å². The lowest BCUT2D eigenvalue weighted by Gasteiger charge is -2.19. The van der Waals surface area contributed by atoms with Crippen LogP contribution >= 0.6 is 0 Å². The van der Waals surface area contributed by atoms with E-state index in [4.69, 9.17) is 11.2 Å². The average molecular weight is 170 g/mol. The minimum atomic E-state index is -0.411. The van der Waals surface area contributed by atoms with Crippen LogP contribution in [0.1, 0.15) is 32.6 Å². The smallest absolute Gasteiger partial charge is 0.0830 e. The van der Waals surface area contributed by atoms with Gasteiger partial charge in [-0.25, -0.2) is 0 Å². The van der Waals surface area contributed by atoms with Gasteiger partial charge in [0.15, 0.2) is 0 Å². The number of rotatable bonds is 6. The van der Waals surface area contributed by atoms with Gasteiger partial charge in [-0.3, -0.25) is 0 Å². The van der Waals surface area contributed by atoms with Crippen LogP contribution in [0.5, 0.6) is 0 Å². The summed E-state index contributed by atoms with van der Waals surface area (Å²) >= 11 is 0. The zero-order chi connectivity index (χ0) is 9.40. The Labute approximate surface area is 74.9 Å². The molecule has 0 aromatic heterocycles. The van der Waals surface area contributed by atoms with Gasteiger partial charge in [0.05, 0.1) is 12.2 Å². The Bertz CT molecular complexity index is 137. The van der Waals surface area contributed by atoms with Gasteiger partial charge in [-0.05, 0) is 12.8 Å². The molecule has 0 aliphatic carbocycles. The molecule has 0 radical (unpaired) electrons. The van der Waals surface area contributed by atoms with Crippen LogP contribution in [0.3, 0.4) is 0 Å². The Morgan fingerprint density at radius 2 is 2.17 bits per heavy atom. The summed E-state index contributed by atoms with van der Waals surface area (Å²) in [5.41, 5.74) is 0. The van der Waals surface area contributed by atoms with E-state index in [-0.39, 0.29) is 6.10 Å². The lowest BCUT2D eigenvalue weighted by atomic mass is 10.0. The van der Waals surface area contributed by atoms with Crippen molar-refractivity contribution in [3.63, 3.8) is 0 Å². The van der Waals surface area contributed by atoms with Crippen molar-refractivity contribution in [1.29, 1.82) is 0 Å². The summed E-state index contributed by atoms with van der Waals surface area (Å²) in [4.78, 5) is 0. The lowest BCUT2D eigenvalue weighted by molar-refractivity contribution is -0.0194. The monoisotopic (exact) mass is 170 g/mol. The molecule has 0 aliphatic rings. The van der Waals surface area contributed by atoms with Crippen molar-refractivity contribution in [1.82, 2.24) is 0 Å². The normalized spacial score (nSPS) is 15.2. The average Bonchev–Trinajstić information content (AvgIpc) is 2.10. The second-order valence-electron chi connectivity index (χ2n) is 2.87. The molecule has 2 heteroatoms. The van der Waals surface area contributed by atoms with Crippen molar-refractivity contribution in [3.8, 4) is 12.3 Å². The fraction of sp³-hybridized carbons (Fsp3) is 0.800. The van der Waals surface area contributed by atoms with E-state index in [0.717, 1.165) is 12.8 Å². The molecular weight excluding hydrogens is 152 g/mol. The molecule has 1 N–H and O–H groups in total. The topological polar surface area (TPSA) is 29.5 Å². The van der Waals surface area contributed by atoms with Crippen molar-refractivity contribution in [2.75, 3.05) is 7.11 Å². The van der Waals surface area contributed by atoms with Gasteiger partial charge in [0.1, 0.15) is 0 Å². The highest BCUT2D eigenvalue weighted by molar-refractivity contribution is 4.85. The third-order valence-electron chi connectivity index (χ3n) is 1.89. The first-order valence-electron chi connectivity index (χ1n) is 4.40. The Morgan fingerprint density at radius 3 is 2.58 bits per heavy atom. The zero-order valence-electron chi connectivity index (χ0n) is 7.92. The van der Waals surface area contributed by atoms with E-state index < -0.39 is 6.10 Å². The van der Waals surface area contributed by atoms with E-state index in [9.17, 15) is 5.11 Å². The molecule has 0 bridgehead atoms. The van der Waals surface area contributed by atoms with Crippen LogP contribution in [0.25, 0.3) is 0 Å². The molecule has 0 saturated heterocycles. The van der Waals surface area contributed by atoms with Gasteiger partial charge in [-0.2, -0.15) is 0 Å². The predicted molar refractivity (Wildman–Crippen MR) is 49.8 cm³/mol. The van der Waals surface area contributed by atoms with Gasteiger partial charge in [0.2, 0.25) is 0 Å². The summed E-state index contributed by atoms with van der Waals surface area (Å²) in [6.45, 7) is 2.07. The molecule has 0 fully saturated rings. The predicted octanol–water partition coefficient (Wildman–Crippen LogP) is 1.58. The van der Waals surface area contributed by atoms with E-state index in [2.05, 4.69) is 12.8 Å². The molecule has 0 heterocycles. The molecule has 0 rings (SSSR count). The fourth-order valence-corrected chi connectivity index (χ4v) is 1.17. The molecule has 0 aliphatic heterocycles. The number of aliphatic hydroxyl groups excluding tert-OH is 1. The quantitative estimate of drug-likeness (QED) is 0.613. The molecule has 0 amide bonds. The van der Waals surface area contributed by atoms with E-state index in [1.54, 1.807) is 7.11 Å². The maximum atomic E-state index is 9.55. The number of hydrogen-bond acceptors (Lipinski definition) is 2. The van der Waals surface area contributed by atoms with Gasteiger partial charge in [-0.1, -0.05) is 13.3 Å². The number of aliphatic hydroxyl groups is 1. The molecule has 70 valence electrons. The Morgan fingerprint density at radius 1 is 1.50 bits per heavy atom. The number of methoxy groups -OCH3 is 1. The van der Waals surface area contributed by atoms with Gasteiger partial charge < -0.3 is 9.84 Å². The van der Waals surface area contributed by atoms with Crippen LogP contribution in [-0.2, 0) is 4.74 Å². The largest absolute Gasteiger partial charge is 0.390 e.